The molecule has 2 aliphatic rings. The third kappa shape index (κ3) is 4.11. The van der Waals surface area contributed by atoms with Crippen LogP contribution in [0.5, 0.6) is 0 Å². The normalized spacial score (nSPS) is 16.5. The van der Waals surface area contributed by atoms with Gasteiger partial charge in [-0.15, -0.1) is 0 Å². The Morgan fingerprint density at radius 1 is 0.457 bits per heavy atom. The van der Waals surface area contributed by atoms with Crippen molar-refractivity contribution in [1.82, 2.24) is 9.97 Å². The van der Waals surface area contributed by atoms with Crippen LogP contribution in [0.2, 0.25) is 0 Å². The topological polar surface area (TPSA) is 29.0 Å². The first-order valence-corrected chi connectivity index (χ1v) is 16.3. The van der Waals surface area contributed by atoms with Gasteiger partial charge in [-0.3, -0.25) is 4.98 Å². The molecule has 3 heterocycles. The predicted molar refractivity (Wildman–Crippen MR) is 190 cm³/mol. The number of rotatable bonds is 3. The second-order valence-electron chi connectivity index (χ2n) is 14.4. The highest BCUT2D eigenvalue weighted by atomic mass is 15.2. The maximum atomic E-state index is 5.07. The van der Waals surface area contributed by atoms with Crippen LogP contribution in [-0.4, -0.2) is 9.97 Å². The number of fused-ring (bicyclic) bond motifs is 4. The lowest BCUT2D eigenvalue weighted by molar-refractivity contribution is 0.521. The van der Waals surface area contributed by atoms with Gasteiger partial charge >= 0.3 is 0 Å². The first-order valence-electron chi connectivity index (χ1n) is 16.3. The molecule has 0 saturated carbocycles. The Balaban J connectivity index is 1.27. The molecule has 3 nitrogen and oxygen atoms in total. The molecular weight excluding hydrogens is 558 g/mol. The van der Waals surface area contributed by atoms with Crippen molar-refractivity contribution < 1.29 is 0 Å². The summed E-state index contributed by atoms with van der Waals surface area (Å²) in [5.74, 6) is 0. The van der Waals surface area contributed by atoms with Crippen molar-refractivity contribution in [3.63, 3.8) is 0 Å². The number of anilines is 3. The highest BCUT2D eigenvalue weighted by Gasteiger charge is 2.43. The smallest absolute Gasteiger partial charge is 0.0725 e. The Hall–Kier alpha value is -5.02. The summed E-state index contributed by atoms with van der Waals surface area (Å²) in [6.45, 7) is 14.2. The van der Waals surface area contributed by atoms with E-state index in [0.717, 1.165) is 22.5 Å². The largest absolute Gasteiger partial charge is 0.310 e. The lowest BCUT2D eigenvalue weighted by Crippen LogP contribution is -2.37. The van der Waals surface area contributed by atoms with Crippen molar-refractivity contribution in [3.8, 4) is 22.5 Å². The van der Waals surface area contributed by atoms with E-state index in [0.29, 0.717) is 0 Å². The van der Waals surface area contributed by atoms with Crippen LogP contribution in [-0.2, 0) is 16.2 Å². The predicted octanol–water partition coefficient (Wildman–Crippen LogP) is 10.9. The van der Waals surface area contributed by atoms with Gasteiger partial charge in [-0.05, 0) is 88.0 Å². The second-order valence-corrected chi connectivity index (χ2v) is 14.4. The SMILES string of the molecule is CC1(C)c2ccccc2N(c2ccc3c(c2)C(C)(C)c2cc(-c4cccc(-c5cccnc5)n4)ccc2C3(C)C)c2ccccc21. The average molecular weight is 598 g/mol. The van der Waals surface area contributed by atoms with Gasteiger partial charge in [0.25, 0.3) is 0 Å². The van der Waals surface area contributed by atoms with Crippen molar-refractivity contribution in [2.75, 3.05) is 4.90 Å². The molecule has 226 valence electrons. The van der Waals surface area contributed by atoms with Crippen LogP contribution < -0.4 is 4.90 Å². The van der Waals surface area contributed by atoms with Crippen LogP contribution in [0.25, 0.3) is 22.5 Å². The zero-order valence-electron chi connectivity index (χ0n) is 27.5. The third-order valence-electron chi connectivity index (χ3n) is 10.6. The van der Waals surface area contributed by atoms with Gasteiger partial charge in [0.15, 0.2) is 0 Å². The molecule has 0 N–H and O–H groups in total. The number of pyridine rings is 2. The van der Waals surface area contributed by atoms with Crippen LogP contribution >= 0.6 is 0 Å². The molecule has 1 aliphatic carbocycles. The number of nitrogens with zero attached hydrogens (tertiary/aromatic N) is 3. The summed E-state index contributed by atoms with van der Waals surface area (Å²) in [4.78, 5) is 11.9. The van der Waals surface area contributed by atoms with Crippen molar-refractivity contribution in [2.24, 2.45) is 0 Å². The molecule has 1 aliphatic heterocycles. The molecule has 0 fully saturated rings. The van der Waals surface area contributed by atoms with E-state index in [1.54, 1.807) is 6.20 Å². The fourth-order valence-corrected chi connectivity index (χ4v) is 8.01. The number of benzene rings is 4. The Kier molecular flexibility index (Phi) is 6.18. The Bertz CT molecular complexity index is 2090. The van der Waals surface area contributed by atoms with E-state index in [-0.39, 0.29) is 16.2 Å². The van der Waals surface area contributed by atoms with Crippen LogP contribution in [0.3, 0.4) is 0 Å². The molecule has 0 amide bonds. The van der Waals surface area contributed by atoms with Gasteiger partial charge in [-0.1, -0.05) is 102 Å². The maximum Gasteiger partial charge on any atom is 0.0725 e. The summed E-state index contributed by atoms with van der Waals surface area (Å²) in [7, 11) is 0. The number of hydrogen-bond donors (Lipinski definition) is 0. The lowest BCUT2D eigenvalue weighted by atomic mass is 9.59. The molecule has 0 unspecified atom stereocenters. The minimum atomic E-state index is -0.221. The van der Waals surface area contributed by atoms with E-state index in [2.05, 4.69) is 161 Å². The van der Waals surface area contributed by atoms with Crippen molar-refractivity contribution >= 4 is 17.1 Å². The van der Waals surface area contributed by atoms with Crippen LogP contribution in [0.4, 0.5) is 17.1 Å². The van der Waals surface area contributed by atoms with Crippen molar-refractivity contribution in [2.45, 2.75) is 57.8 Å². The highest BCUT2D eigenvalue weighted by molar-refractivity contribution is 5.86. The molecule has 46 heavy (non-hydrogen) atoms. The first-order chi connectivity index (χ1) is 22.1. The van der Waals surface area contributed by atoms with Crippen LogP contribution in [0.1, 0.15) is 74.9 Å². The molecular formula is C43H39N3. The summed E-state index contributed by atoms with van der Waals surface area (Å²) in [6, 6.07) is 42.2. The number of hydrogen-bond acceptors (Lipinski definition) is 3. The first kappa shape index (κ1) is 28.5. The van der Waals surface area contributed by atoms with E-state index in [1.807, 2.05) is 12.3 Å². The molecule has 0 radical (unpaired) electrons. The molecule has 0 atom stereocenters. The zero-order chi connectivity index (χ0) is 31.8. The summed E-state index contributed by atoms with van der Waals surface area (Å²) in [5.41, 5.74) is 15.5. The maximum absolute atomic E-state index is 5.07. The Morgan fingerprint density at radius 3 is 1.67 bits per heavy atom. The van der Waals surface area contributed by atoms with Crippen LogP contribution in [0, 0.1) is 0 Å². The second kappa shape index (κ2) is 9.99. The molecule has 8 rings (SSSR count). The molecule has 0 spiro atoms. The monoisotopic (exact) mass is 597 g/mol. The van der Waals surface area contributed by atoms with E-state index < -0.39 is 0 Å². The van der Waals surface area contributed by atoms with Crippen molar-refractivity contribution in [1.29, 1.82) is 0 Å². The van der Waals surface area contributed by atoms with Gasteiger partial charge < -0.3 is 4.90 Å². The fourth-order valence-electron chi connectivity index (χ4n) is 8.01. The third-order valence-corrected chi connectivity index (χ3v) is 10.6. The van der Waals surface area contributed by atoms with Gasteiger partial charge in [0.2, 0.25) is 0 Å². The van der Waals surface area contributed by atoms with Gasteiger partial charge in [0.05, 0.1) is 22.8 Å². The van der Waals surface area contributed by atoms with E-state index in [9.17, 15) is 0 Å². The zero-order valence-corrected chi connectivity index (χ0v) is 27.5. The molecule has 4 aromatic carbocycles. The van der Waals surface area contributed by atoms with Gasteiger partial charge in [-0.25, -0.2) is 4.98 Å². The summed E-state index contributed by atoms with van der Waals surface area (Å²) in [6.07, 6.45) is 3.67. The summed E-state index contributed by atoms with van der Waals surface area (Å²) in [5, 5.41) is 0. The van der Waals surface area contributed by atoms with E-state index in [4.69, 9.17) is 4.98 Å². The van der Waals surface area contributed by atoms with E-state index in [1.165, 1.54) is 50.4 Å². The summed E-state index contributed by atoms with van der Waals surface area (Å²) >= 11 is 0. The Labute approximate surface area is 272 Å². The van der Waals surface area contributed by atoms with E-state index >= 15 is 0 Å². The van der Waals surface area contributed by atoms with Crippen LogP contribution in [0.15, 0.2) is 128 Å². The average Bonchev–Trinajstić information content (AvgIpc) is 3.08. The molecule has 0 bridgehead atoms. The fraction of sp³-hybridized carbons (Fsp3) is 0.209. The quantitative estimate of drug-likeness (QED) is 0.203. The molecule has 3 heteroatoms. The van der Waals surface area contributed by atoms with Crippen molar-refractivity contribution in [3.05, 3.63) is 161 Å². The summed E-state index contributed by atoms with van der Waals surface area (Å²) < 4.78 is 0. The molecule has 2 aromatic heterocycles. The standard InChI is InChI=1S/C43H39N3/c1-41(2)31-22-20-28(37-16-11-17-38(45-37)29-13-12-24-44-27-29)25-35(31)43(5,6)36-26-30(21-23-32(36)41)46-39-18-9-7-14-33(39)42(3,4)34-15-8-10-19-40(34)46/h7-27H,1-6H3. The van der Waals surface area contributed by atoms with Gasteiger partial charge in [0.1, 0.15) is 0 Å². The minimum Gasteiger partial charge on any atom is -0.310 e. The Morgan fingerprint density at radius 2 is 1.02 bits per heavy atom. The van der Waals surface area contributed by atoms with Gasteiger partial charge in [0, 0.05) is 45.5 Å². The highest BCUT2D eigenvalue weighted by Crippen LogP contribution is 2.55. The molecule has 0 saturated heterocycles. The lowest BCUT2D eigenvalue weighted by Gasteiger charge is -2.46. The van der Waals surface area contributed by atoms with Gasteiger partial charge in [-0.2, -0.15) is 0 Å². The number of para-hydroxylation sites is 2. The number of aromatic nitrogens is 2. The molecule has 6 aromatic rings. The minimum absolute atomic E-state index is 0.0864.